The zero-order valence-electron chi connectivity index (χ0n) is 9.43. The molecule has 0 aromatic heterocycles. The lowest BCUT2D eigenvalue weighted by molar-refractivity contribution is 0.352. The molecule has 0 bridgehead atoms. The smallest absolute Gasteiger partial charge is 0.127 e. The van der Waals surface area contributed by atoms with E-state index in [1.165, 1.54) is 12.0 Å². The molecule has 1 aliphatic rings. The largest absolute Gasteiger partial charge is 0.493 e. The van der Waals surface area contributed by atoms with Crippen molar-refractivity contribution in [2.45, 2.75) is 38.0 Å². The van der Waals surface area contributed by atoms with Crippen LogP contribution in [0.4, 0.5) is 0 Å². The molecule has 0 saturated heterocycles. The summed E-state index contributed by atoms with van der Waals surface area (Å²) in [6, 6.07) is 4.23. The molecule has 0 spiro atoms. The van der Waals surface area contributed by atoms with Gasteiger partial charge in [-0.3, -0.25) is 0 Å². The Morgan fingerprint density at radius 3 is 3.06 bits per heavy atom. The van der Waals surface area contributed by atoms with Gasteiger partial charge in [0.1, 0.15) is 5.75 Å². The number of alkyl halides is 1. The average Bonchev–Trinajstić information content (AvgIpc) is 2.72. The van der Waals surface area contributed by atoms with Gasteiger partial charge in [-0.05, 0) is 24.1 Å². The number of unbranched alkanes of at least 4 members (excludes halogenated alkanes) is 1. The number of rotatable bonds is 4. The first-order chi connectivity index (χ1) is 7.72. The lowest BCUT2D eigenvalue weighted by Crippen LogP contribution is -1.96. The number of hydrogen-bond acceptors (Lipinski definition) is 1. The highest BCUT2D eigenvalue weighted by Crippen LogP contribution is 2.40. The summed E-state index contributed by atoms with van der Waals surface area (Å²) in [4.78, 5) is 0. The quantitative estimate of drug-likeness (QED) is 0.722. The van der Waals surface area contributed by atoms with E-state index in [9.17, 15) is 0 Å². The van der Waals surface area contributed by atoms with Crippen molar-refractivity contribution < 1.29 is 4.74 Å². The maximum Gasteiger partial charge on any atom is 0.127 e. The van der Waals surface area contributed by atoms with Crippen LogP contribution in [0.15, 0.2) is 16.6 Å². The third-order valence-corrected chi connectivity index (χ3v) is 3.84. The Bertz CT molecular complexity index is 378. The average molecular weight is 304 g/mol. The molecule has 1 unspecified atom stereocenters. The van der Waals surface area contributed by atoms with Crippen LogP contribution in [-0.2, 0) is 6.42 Å². The number of ether oxygens (including phenoxy) is 1. The van der Waals surface area contributed by atoms with E-state index in [1.807, 2.05) is 0 Å². The van der Waals surface area contributed by atoms with Crippen LogP contribution in [0.1, 0.15) is 42.7 Å². The van der Waals surface area contributed by atoms with Gasteiger partial charge in [0.05, 0.1) is 12.0 Å². The molecule has 1 atom stereocenters. The van der Waals surface area contributed by atoms with E-state index >= 15 is 0 Å². The topological polar surface area (TPSA) is 9.23 Å². The van der Waals surface area contributed by atoms with Crippen molar-refractivity contribution in [1.82, 2.24) is 0 Å². The molecule has 0 N–H and O–H groups in total. The predicted octanol–water partition coefficient (Wildman–Crippen LogP) is 4.85. The molecular weight excluding hydrogens is 287 g/mol. The fourth-order valence-electron chi connectivity index (χ4n) is 2.07. The summed E-state index contributed by atoms with van der Waals surface area (Å²) in [5.41, 5.74) is 2.43. The fourth-order valence-corrected chi connectivity index (χ4v) is 2.91. The zero-order valence-corrected chi connectivity index (χ0v) is 11.8. The number of halogens is 2. The minimum absolute atomic E-state index is 0.0734. The molecule has 0 saturated carbocycles. The Morgan fingerprint density at radius 1 is 1.50 bits per heavy atom. The van der Waals surface area contributed by atoms with E-state index in [1.54, 1.807) is 0 Å². The van der Waals surface area contributed by atoms with Gasteiger partial charge in [-0.25, -0.2) is 0 Å². The summed E-state index contributed by atoms with van der Waals surface area (Å²) in [5.74, 6) is 1.03. The summed E-state index contributed by atoms with van der Waals surface area (Å²) in [6.07, 6.45) is 4.36. The maximum atomic E-state index is 6.44. The number of hydrogen-bond donors (Lipinski definition) is 0. The van der Waals surface area contributed by atoms with Gasteiger partial charge >= 0.3 is 0 Å². The summed E-state index contributed by atoms with van der Waals surface area (Å²) in [6.45, 7) is 2.97. The molecule has 1 aromatic rings. The minimum atomic E-state index is 0.0734. The first kappa shape index (κ1) is 12.3. The van der Waals surface area contributed by atoms with Crippen LogP contribution < -0.4 is 4.74 Å². The molecule has 0 amide bonds. The Labute approximate surface area is 110 Å². The van der Waals surface area contributed by atoms with E-state index in [2.05, 4.69) is 35.0 Å². The molecule has 2 rings (SSSR count). The second kappa shape index (κ2) is 5.42. The molecular formula is C13H16BrClO. The van der Waals surface area contributed by atoms with Gasteiger partial charge in [0.25, 0.3) is 0 Å². The van der Waals surface area contributed by atoms with Gasteiger partial charge in [-0.15, -0.1) is 11.6 Å². The monoisotopic (exact) mass is 302 g/mol. The van der Waals surface area contributed by atoms with E-state index in [0.29, 0.717) is 0 Å². The van der Waals surface area contributed by atoms with Crippen LogP contribution in [0, 0.1) is 0 Å². The van der Waals surface area contributed by atoms with Crippen molar-refractivity contribution in [3.63, 3.8) is 0 Å². The zero-order chi connectivity index (χ0) is 11.5. The van der Waals surface area contributed by atoms with Gasteiger partial charge in [0.15, 0.2) is 0 Å². The van der Waals surface area contributed by atoms with Crippen molar-refractivity contribution in [3.05, 3.63) is 27.7 Å². The SMILES string of the molecule is CCCCC(Cl)c1cc(Br)cc2c1OCC2. The van der Waals surface area contributed by atoms with Crippen LogP contribution in [-0.4, -0.2) is 6.61 Å². The minimum Gasteiger partial charge on any atom is -0.493 e. The van der Waals surface area contributed by atoms with Crippen molar-refractivity contribution in [3.8, 4) is 5.75 Å². The van der Waals surface area contributed by atoms with Crippen LogP contribution in [0.5, 0.6) is 5.75 Å². The Hall–Kier alpha value is -0.210. The van der Waals surface area contributed by atoms with E-state index < -0.39 is 0 Å². The Morgan fingerprint density at radius 2 is 2.31 bits per heavy atom. The van der Waals surface area contributed by atoms with Gasteiger partial charge in [-0.1, -0.05) is 35.7 Å². The Balaban J connectivity index is 2.26. The standard InChI is InChI=1S/C13H16BrClO/c1-2-3-4-12(15)11-8-10(14)7-9-5-6-16-13(9)11/h7-8,12H,2-6H2,1H3. The first-order valence-corrected chi connectivity index (χ1v) is 7.04. The molecule has 0 aliphatic carbocycles. The van der Waals surface area contributed by atoms with Crippen molar-refractivity contribution in [2.75, 3.05) is 6.61 Å². The molecule has 1 aromatic carbocycles. The summed E-state index contributed by atoms with van der Waals surface area (Å²) in [5, 5.41) is 0.0734. The number of fused-ring (bicyclic) bond motifs is 1. The fraction of sp³-hybridized carbons (Fsp3) is 0.538. The lowest BCUT2D eigenvalue weighted by Gasteiger charge is -2.14. The molecule has 3 heteroatoms. The molecule has 1 aliphatic heterocycles. The highest BCUT2D eigenvalue weighted by molar-refractivity contribution is 9.10. The lowest BCUT2D eigenvalue weighted by atomic mass is 10.0. The summed E-state index contributed by atoms with van der Waals surface area (Å²) >= 11 is 9.98. The highest BCUT2D eigenvalue weighted by atomic mass is 79.9. The molecule has 16 heavy (non-hydrogen) atoms. The number of benzene rings is 1. The van der Waals surface area contributed by atoms with Crippen LogP contribution >= 0.6 is 27.5 Å². The van der Waals surface area contributed by atoms with Gasteiger partial charge < -0.3 is 4.74 Å². The Kier molecular flexibility index (Phi) is 4.15. The van der Waals surface area contributed by atoms with Crippen molar-refractivity contribution in [2.24, 2.45) is 0 Å². The molecule has 1 nitrogen and oxygen atoms in total. The van der Waals surface area contributed by atoms with Crippen molar-refractivity contribution >= 4 is 27.5 Å². The van der Waals surface area contributed by atoms with E-state index in [4.69, 9.17) is 16.3 Å². The van der Waals surface area contributed by atoms with Crippen LogP contribution in [0.2, 0.25) is 0 Å². The van der Waals surface area contributed by atoms with E-state index in [-0.39, 0.29) is 5.38 Å². The predicted molar refractivity (Wildman–Crippen MR) is 71.5 cm³/mol. The second-order valence-corrected chi connectivity index (χ2v) is 5.63. The molecule has 0 fully saturated rings. The van der Waals surface area contributed by atoms with Gasteiger partial charge in [-0.2, -0.15) is 0 Å². The highest BCUT2D eigenvalue weighted by Gasteiger charge is 2.21. The molecule has 0 radical (unpaired) electrons. The van der Waals surface area contributed by atoms with Crippen LogP contribution in [0.3, 0.4) is 0 Å². The molecule has 88 valence electrons. The van der Waals surface area contributed by atoms with E-state index in [0.717, 1.165) is 41.7 Å². The normalized spacial score (nSPS) is 15.7. The molecule has 1 heterocycles. The third kappa shape index (κ3) is 2.54. The van der Waals surface area contributed by atoms with Gasteiger partial charge in [0.2, 0.25) is 0 Å². The third-order valence-electron chi connectivity index (χ3n) is 2.93. The first-order valence-electron chi connectivity index (χ1n) is 5.81. The van der Waals surface area contributed by atoms with Crippen LogP contribution in [0.25, 0.3) is 0 Å². The van der Waals surface area contributed by atoms with Gasteiger partial charge in [0, 0.05) is 16.5 Å². The summed E-state index contributed by atoms with van der Waals surface area (Å²) in [7, 11) is 0. The summed E-state index contributed by atoms with van der Waals surface area (Å²) < 4.78 is 6.79. The maximum absolute atomic E-state index is 6.44. The van der Waals surface area contributed by atoms with Crippen molar-refractivity contribution in [1.29, 1.82) is 0 Å². The second-order valence-electron chi connectivity index (χ2n) is 4.19.